The van der Waals surface area contributed by atoms with Gasteiger partial charge in [-0.3, -0.25) is 10.1 Å². The summed E-state index contributed by atoms with van der Waals surface area (Å²) in [5.74, 6) is 0.599. The number of nitrogens with one attached hydrogen (secondary N) is 1. The van der Waals surface area contributed by atoms with E-state index in [-0.39, 0.29) is 10.6 Å². The second kappa shape index (κ2) is 8.12. The largest absolute Gasteiger partial charge is 0.360 e. The Labute approximate surface area is 149 Å². The average molecular weight is 340 g/mol. The van der Waals surface area contributed by atoms with Crippen LogP contribution in [0.3, 0.4) is 0 Å². The molecule has 5 nitrogen and oxygen atoms in total. The Morgan fingerprint density at radius 3 is 2.32 bits per heavy atom. The Morgan fingerprint density at radius 1 is 1.08 bits per heavy atom. The van der Waals surface area contributed by atoms with Crippen LogP contribution in [0.5, 0.6) is 0 Å². The highest BCUT2D eigenvalue weighted by molar-refractivity contribution is 5.51. The molecule has 1 atom stereocenters. The number of nitro benzene ring substituents is 1. The number of anilines is 1. The van der Waals surface area contributed by atoms with Crippen LogP contribution in [-0.4, -0.2) is 37.6 Å². The van der Waals surface area contributed by atoms with Gasteiger partial charge in [0.05, 0.1) is 37.6 Å². The molecule has 0 saturated carbocycles. The van der Waals surface area contributed by atoms with E-state index in [1.165, 1.54) is 18.5 Å². The SMILES string of the molecule is C[C@@H](CC[NH+]1CCN(c2ccc([N+](=O)[O-])cc2)CC1)c1ccccc1. The summed E-state index contributed by atoms with van der Waals surface area (Å²) in [5.41, 5.74) is 2.66. The smallest absolute Gasteiger partial charge is 0.269 e. The first-order chi connectivity index (χ1) is 12.1. The monoisotopic (exact) mass is 340 g/mol. The van der Waals surface area contributed by atoms with Gasteiger partial charge in [-0.25, -0.2) is 0 Å². The van der Waals surface area contributed by atoms with Crippen LogP contribution in [0, 0.1) is 10.1 Å². The minimum Gasteiger partial charge on any atom is -0.360 e. The fourth-order valence-electron chi connectivity index (χ4n) is 3.49. The van der Waals surface area contributed by atoms with E-state index < -0.39 is 0 Å². The molecule has 1 N–H and O–H groups in total. The zero-order valence-corrected chi connectivity index (χ0v) is 14.7. The second-order valence-corrected chi connectivity index (χ2v) is 6.86. The van der Waals surface area contributed by atoms with Gasteiger partial charge in [0.2, 0.25) is 0 Å². The Kier molecular flexibility index (Phi) is 5.66. The first-order valence-corrected chi connectivity index (χ1v) is 9.01. The molecular formula is C20H26N3O2+. The van der Waals surface area contributed by atoms with Crippen LogP contribution in [-0.2, 0) is 0 Å². The number of rotatable bonds is 6. The summed E-state index contributed by atoms with van der Waals surface area (Å²) in [7, 11) is 0. The fraction of sp³-hybridized carbons (Fsp3) is 0.400. The average Bonchev–Trinajstić information content (AvgIpc) is 2.67. The van der Waals surface area contributed by atoms with E-state index in [4.69, 9.17) is 0 Å². The lowest BCUT2D eigenvalue weighted by atomic mass is 9.97. The van der Waals surface area contributed by atoms with Crippen LogP contribution in [0.15, 0.2) is 54.6 Å². The van der Waals surface area contributed by atoms with Crippen molar-refractivity contribution in [2.24, 2.45) is 0 Å². The first-order valence-electron chi connectivity index (χ1n) is 9.01. The maximum atomic E-state index is 10.7. The van der Waals surface area contributed by atoms with Crippen molar-refractivity contribution in [1.82, 2.24) is 0 Å². The second-order valence-electron chi connectivity index (χ2n) is 6.86. The van der Waals surface area contributed by atoms with Gasteiger partial charge < -0.3 is 9.80 Å². The number of benzene rings is 2. The van der Waals surface area contributed by atoms with Gasteiger partial charge in [0, 0.05) is 24.2 Å². The zero-order chi connectivity index (χ0) is 17.6. The molecule has 2 aromatic carbocycles. The Hall–Kier alpha value is -2.40. The molecular weight excluding hydrogens is 314 g/mol. The van der Waals surface area contributed by atoms with Gasteiger partial charge in [-0.1, -0.05) is 37.3 Å². The Bertz CT molecular complexity index is 680. The summed E-state index contributed by atoms with van der Waals surface area (Å²) in [6, 6.07) is 17.6. The van der Waals surface area contributed by atoms with Gasteiger partial charge in [-0.05, 0) is 23.6 Å². The predicted molar refractivity (Wildman–Crippen MR) is 100 cm³/mol. The van der Waals surface area contributed by atoms with Gasteiger partial charge in [-0.15, -0.1) is 0 Å². The van der Waals surface area contributed by atoms with Crippen molar-refractivity contribution in [3.8, 4) is 0 Å². The van der Waals surface area contributed by atoms with Gasteiger partial charge in [0.1, 0.15) is 0 Å². The normalized spacial score (nSPS) is 16.6. The van der Waals surface area contributed by atoms with Crippen LogP contribution in [0.1, 0.15) is 24.8 Å². The molecule has 1 fully saturated rings. The van der Waals surface area contributed by atoms with Crippen molar-refractivity contribution in [3.63, 3.8) is 0 Å². The lowest BCUT2D eigenvalue weighted by Gasteiger charge is -2.34. The molecule has 1 heterocycles. The van der Waals surface area contributed by atoms with Crippen LogP contribution in [0.4, 0.5) is 11.4 Å². The van der Waals surface area contributed by atoms with Crippen LogP contribution >= 0.6 is 0 Å². The van der Waals surface area contributed by atoms with Crippen molar-refractivity contribution in [2.75, 3.05) is 37.6 Å². The molecule has 1 saturated heterocycles. The summed E-state index contributed by atoms with van der Waals surface area (Å²) in [6.45, 7) is 7.77. The van der Waals surface area contributed by atoms with E-state index in [9.17, 15) is 10.1 Å². The predicted octanol–water partition coefficient (Wildman–Crippen LogP) is 2.49. The molecule has 0 bridgehead atoms. The standard InChI is InChI=1S/C20H25N3O2/c1-17(18-5-3-2-4-6-18)11-12-21-13-15-22(16-14-21)19-7-9-20(10-8-19)23(24)25/h2-10,17H,11-16H2,1H3/p+1/t17-/m0/s1. The third-order valence-corrected chi connectivity index (χ3v) is 5.20. The Balaban J connectivity index is 1.46. The van der Waals surface area contributed by atoms with E-state index in [2.05, 4.69) is 42.2 Å². The summed E-state index contributed by atoms with van der Waals surface area (Å²) in [5, 5.41) is 10.7. The maximum absolute atomic E-state index is 10.7. The van der Waals surface area contributed by atoms with E-state index in [0.29, 0.717) is 5.92 Å². The van der Waals surface area contributed by atoms with Gasteiger partial charge in [-0.2, -0.15) is 0 Å². The van der Waals surface area contributed by atoms with Crippen LogP contribution in [0.2, 0.25) is 0 Å². The highest BCUT2D eigenvalue weighted by Crippen LogP contribution is 2.19. The molecule has 0 unspecified atom stereocenters. The number of piperazine rings is 1. The molecule has 0 aliphatic carbocycles. The third kappa shape index (κ3) is 4.57. The molecule has 3 rings (SSSR count). The number of nitrogens with zero attached hydrogens (tertiary/aromatic N) is 2. The van der Waals surface area contributed by atoms with Crippen molar-refractivity contribution in [2.45, 2.75) is 19.3 Å². The molecule has 25 heavy (non-hydrogen) atoms. The number of nitro groups is 1. The fourth-order valence-corrected chi connectivity index (χ4v) is 3.49. The van der Waals surface area contributed by atoms with E-state index in [1.54, 1.807) is 17.0 Å². The topological polar surface area (TPSA) is 50.8 Å². The Morgan fingerprint density at radius 2 is 1.72 bits per heavy atom. The number of quaternary nitrogens is 1. The lowest BCUT2D eigenvalue weighted by Crippen LogP contribution is -3.14. The molecule has 0 spiro atoms. The van der Waals surface area contributed by atoms with Crippen molar-refractivity contribution in [1.29, 1.82) is 0 Å². The van der Waals surface area contributed by atoms with Crippen molar-refractivity contribution < 1.29 is 9.82 Å². The molecule has 2 aromatic rings. The number of hydrogen-bond acceptors (Lipinski definition) is 3. The van der Waals surface area contributed by atoms with Gasteiger partial charge in [0.25, 0.3) is 5.69 Å². The minimum atomic E-state index is -0.347. The van der Waals surface area contributed by atoms with Crippen LogP contribution < -0.4 is 9.80 Å². The summed E-state index contributed by atoms with van der Waals surface area (Å²) in [6.07, 6.45) is 1.21. The molecule has 1 aliphatic heterocycles. The van der Waals surface area contributed by atoms with Crippen molar-refractivity contribution in [3.05, 3.63) is 70.3 Å². The minimum absolute atomic E-state index is 0.155. The first kappa shape index (κ1) is 17.4. The van der Waals surface area contributed by atoms with E-state index in [1.807, 2.05) is 12.1 Å². The van der Waals surface area contributed by atoms with Crippen LogP contribution in [0.25, 0.3) is 0 Å². The number of non-ortho nitro benzene ring substituents is 1. The highest BCUT2D eigenvalue weighted by atomic mass is 16.6. The summed E-state index contributed by atoms with van der Waals surface area (Å²) < 4.78 is 0. The highest BCUT2D eigenvalue weighted by Gasteiger charge is 2.21. The van der Waals surface area contributed by atoms with Gasteiger partial charge in [0.15, 0.2) is 0 Å². The molecule has 5 heteroatoms. The van der Waals surface area contributed by atoms with Crippen molar-refractivity contribution >= 4 is 11.4 Å². The molecule has 132 valence electrons. The zero-order valence-electron chi connectivity index (χ0n) is 14.7. The summed E-state index contributed by atoms with van der Waals surface area (Å²) in [4.78, 5) is 14.4. The van der Waals surface area contributed by atoms with Gasteiger partial charge >= 0.3 is 0 Å². The molecule has 1 aliphatic rings. The molecule has 0 amide bonds. The lowest BCUT2D eigenvalue weighted by molar-refractivity contribution is -0.901. The number of hydrogen-bond donors (Lipinski definition) is 1. The van der Waals surface area contributed by atoms with E-state index in [0.717, 1.165) is 31.9 Å². The summed E-state index contributed by atoms with van der Waals surface area (Å²) >= 11 is 0. The quantitative estimate of drug-likeness (QED) is 0.649. The molecule has 0 radical (unpaired) electrons. The molecule has 0 aromatic heterocycles. The maximum Gasteiger partial charge on any atom is 0.269 e. The van der Waals surface area contributed by atoms with E-state index >= 15 is 0 Å². The third-order valence-electron chi connectivity index (χ3n) is 5.20.